The van der Waals surface area contributed by atoms with Crippen LogP contribution in [0.4, 0.5) is 26.3 Å². The number of alkyl halides is 6. The van der Waals surface area contributed by atoms with Gasteiger partial charge in [-0.3, -0.25) is 19.4 Å². The number of halogens is 6. The van der Waals surface area contributed by atoms with Crippen molar-refractivity contribution in [3.8, 4) is 17.6 Å². The van der Waals surface area contributed by atoms with E-state index >= 15 is 4.79 Å². The third kappa shape index (κ3) is 8.77. The van der Waals surface area contributed by atoms with Crippen LogP contribution in [-0.2, 0) is 27.4 Å². The molecule has 3 aromatic rings. The highest BCUT2D eigenvalue weighted by Gasteiger charge is 2.57. The number of rotatable bonds is 13. The molecule has 6 rings (SSSR count). The summed E-state index contributed by atoms with van der Waals surface area (Å²) in [6, 6.07) is 14.2. The Hall–Kier alpha value is -5.13. The van der Waals surface area contributed by atoms with Crippen LogP contribution < -0.4 is 9.47 Å². The SMILES string of the molecule is CCC[C@H]1N(C(=O)c2ncccc2C(F)(F)F)CCC[C@@]1(Oc1ccc(C(F)(F)F)cc1)C(=O)N1CCC(C#N)(c2ccccc2OCCCC2(C(C)=O)CCC2)CC1. The maximum absolute atomic E-state index is 15.1. The van der Waals surface area contributed by atoms with Crippen molar-refractivity contribution in [3.05, 3.63) is 89.2 Å². The Balaban J connectivity index is 1.29. The smallest absolute Gasteiger partial charge is 0.418 e. The van der Waals surface area contributed by atoms with Crippen molar-refractivity contribution in [1.82, 2.24) is 14.8 Å². The number of nitriles is 1. The predicted octanol–water partition coefficient (Wildman–Crippen LogP) is 9.34. The van der Waals surface area contributed by atoms with Crippen LogP contribution >= 0.6 is 0 Å². The molecule has 316 valence electrons. The number of para-hydroxylation sites is 1. The van der Waals surface area contributed by atoms with Gasteiger partial charge < -0.3 is 19.3 Å². The monoisotopic (exact) mass is 826 g/mol. The average Bonchev–Trinajstić information content (AvgIpc) is 3.20. The fourth-order valence-corrected chi connectivity index (χ4v) is 9.03. The van der Waals surface area contributed by atoms with Gasteiger partial charge in [0.1, 0.15) is 23.0 Å². The van der Waals surface area contributed by atoms with Crippen LogP contribution in [0.15, 0.2) is 66.9 Å². The number of benzene rings is 2. The van der Waals surface area contributed by atoms with Gasteiger partial charge in [-0.15, -0.1) is 0 Å². The van der Waals surface area contributed by atoms with Crippen LogP contribution in [0.1, 0.15) is 112 Å². The lowest BCUT2D eigenvalue weighted by molar-refractivity contribution is -0.161. The van der Waals surface area contributed by atoms with E-state index in [9.17, 15) is 41.2 Å². The van der Waals surface area contributed by atoms with Crippen LogP contribution in [0.3, 0.4) is 0 Å². The predicted molar refractivity (Wildman–Crippen MR) is 204 cm³/mol. The summed E-state index contributed by atoms with van der Waals surface area (Å²) in [5, 5.41) is 10.7. The molecule has 1 aromatic heterocycles. The first-order valence-electron chi connectivity index (χ1n) is 20.1. The van der Waals surface area contributed by atoms with E-state index in [4.69, 9.17) is 9.47 Å². The molecule has 0 radical (unpaired) electrons. The summed E-state index contributed by atoms with van der Waals surface area (Å²) >= 11 is 0. The number of hydrogen-bond acceptors (Lipinski definition) is 7. The molecule has 3 aliphatic rings. The molecule has 1 aliphatic carbocycles. The van der Waals surface area contributed by atoms with E-state index in [0.29, 0.717) is 37.2 Å². The van der Waals surface area contributed by atoms with Crippen molar-refractivity contribution >= 4 is 17.6 Å². The number of hydrogen-bond donors (Lipinski definition) is 0. The largest absolute Gasteiger partial charge is 0.493 e. The highest BCUT2D eigenvalue weighted by Crippen LogP contribution is 2.47. The second-order valence-electron chi connectivity index (χ2n) is 15.9. The summed E-state index contributed by atoms with van der Waals surface area (Å²) in [5.74, 6) is -1.00. The number of piperidine rings is 2. The number of amides is 2. The first-order valence-corrected chi connectivity index (χ1v) is 20.1. The Morgan fingerprint density at radius 2 is 1.58 bits per heavy atom. The standard InChI is InChI=1S/C44H48F6N4O5/c1-3-10-36-42(59-32-16-14-31(15-17-32)43(45,46)47,21-8-25-54(36)38(56)37-34(44(48,49)50)12-6-24-52-37)39(57)53-26-22-41(29-51,23-27-53)33-11-4-5-13-35(33)58-28-9-20-40(30(2)55)18-7-19-40/h4-6,11-17,24,36H,3,7-10,18-23,25-28H2,1-2H3/t36-,42+/m1/s1. The summed E-state index contributed by atoms with van der Waals surface area (Å²) in [4.78, 5) is 48.1. The number of Topliss-reactive ketones (excluding diaryl/α,β-unsaturated/α-hetero) is 1. The quantitative estimate of drug-likeness (QED) is 0.125. The highest BCUT2D eigenvalue weighted by molar-refractivity contribution is 5.96. The molecule has 3 heterocycles. The molecule has 2 saturated heterocycles. The van der Waals surface area contributed by atoms with Crippen molar-refractivity contribution < 1.29 is 50.2 Å². The molecular weight excluding hydrogens is 778 g/mol. The zero-order chi connectivity index (χ0) is 42.6. The summed E-state index contributed by atoms with van der Waals surface area (Å²) in [6.45, 7) is 3.86. The summed E-state index contributed by atoms with van der Waals surface area (Å²) in [5.41, 5.74) is -5.62. The number of nitrogens with zero attached hydrogens (tertiary/aromatic N) is 4. The highest BCUT2D eigenvalue weighted by atomic mass is 19.4. The molecule has 2 atom stereocenters. The topological polar surface area (TPSA) is 113 Å². The van der Waals surface area contributed by atoms with E-state index in [2.05, 4.69) is 11.1 Å². The second kappa shape index (κ2) is 17.2. The first kappa shape index (κ1) is 43.4. The molecule has 15 heteroatoms. The third-order valence-electron chi connectivity index (χ3n) is 12.5. The van der Waals surface area contributed by atoms with Gasteiger partial charge in [0.15, 0.2) is 0 Å². The summed E-state index contributed by atoms with van der Waals surface area (Å²) < 4.78 is 95.7. The zero-order valence-electron chi connectivity index (χ0n) is 33.1. The van der Waals surface area contributed by atoms with E-state index < -0.39 is 58.0 Å². The van der Waals surface area contributed by atoms with E-state index in [0.717, 1.165) is 61.9 Å². The minimum absolute atomic E-state index is 0.0110. The number of likely N-dealkylation sites (tertiary alicyclic amines) is 2. The molecule has 2 aromatic carbocycles. The Morgan fingerprint density at radius 1 is 0.881 bits per heavy atom. The average molecular weight is 827 g/mol. The normalized spacial score (nSPS) is 21.5. The van der Waals surface area contributed by atoms with Gasteiger partial charge in [0, 0.05) is 43.2 Å². The molecule has 0 unspecified atom stereocenters. The fraction of sp³-hybridized carbons (Fsp3) is 0.523. The van der Waals surface area contributed by atoms with E-state index in [1.807, 2.05) is 6.07 Å². The van der Waals surface area contributed by atoms with Gasteiger partial charge >= 0.3 is 12.4 Å². The van der Waals surface area contributed by atoms with Crippen molar-refractivity contribution in [1.29, 1.82) is 5.26 Å². The second-order valence-corrected chi connectivity index (χ2v) is 15.9. The molecule has 2 aliphatic heterocycles. The van der Waals surface area contributed by atoms with E-state index in [1.165, 1.54) is 9.80 Å². The zero-order valence-corrected chi connectivity index (χ0v) is 33.1. The maximum Gasteiger partial charge on any atom is 0.418 e. The number of carbonyl (C=O) groups is 3. The van der Waals surface area contributed by atoms with Crippen LogP contribution in [-0.4, -0.2) is 70.3 Å². The van der Waals surface area contributed by atoms with Gasteiger partial charge in [0.25, 0.3) is 11.8 Å². The van der Waals surface area contributed by atoms with Gasteiger partial charge in [-0.05, 0) is 101 Å². The molecule has 1 saturated carbocycles. The van der Waals surface area contributed by atoms with Crippen LogP contribution in [0.2, 0.25) is 0 Å². The minimum atomic E-state index is -4.90. The first-order chi connectivity index (χ1) is 28.0. The van der Waals surface area contributed by atoms with Gasteiger partial charge in [-0.25, -0.2) is 0 Å². The maximum atomic E-state index is 15.1. The lowest BCUT2D eigenvalue weighted by Gasteiger charge is -2.51. The molecule has 0 N–H and O–H groups in total. The van der Waals surface area contributed by atoms with Crippen molar-refractivity contribution in [2.24, 2.45) is 5.41 Å². The molecule has 2 amide bonds. The van der Waals surface area contributed by atoms with Gasteiger partial charge in [-0.2, -0.15) is 31.6 Å². The molecule has 59 heavy (non-hydrogen) atoms. The Morgan fingerprint density at radius 3 is 2.17 bits per heavy atom. The van der Waals surface area contributed by atoms with Gasteiger partial charge in [0.2, 0.25) is 5.60 Å². The van der Waals surface area contributed by atoms with Crippen LogP contribution in [0.25, 0.3) is 0 Å². The van der Waals surface area contributed by atoms with E-state index in [-0.39, 0.29) is 68.7 Å². The van der Waals surface area contributed by atoms with E-state index in [1.54, 1.807) is 32.0 Å². The molecular formula is C44H48F6N4O5. The lowest BCUT2D eigenvalue weighted by Crippen LogP contribution is -2.68. The Bertz CT molecular complexity index is 2040. The number of ether oxygens (including phenoxy) is 2. The molecule has 9 nitrogen and oxygen atoms in total. The van der Waals surface area contributed by atoms with Crippen LogP contribution in [0.5, 0.6) is 11.5 Å². The summed E-state index contributed by atoms with van der Waals surface area (Å²) in [6.07, 6.45) is -3.33. The van der Waals surface area contributed by atoms with Gasteiger partial charge in [0.05, 0.1) is 35.3 Å². The number of pyridine rings is 1. The lowest BCUT2D eigenvalue weighted by atomic mass is 9.64. The number of carbonyl (C=O) groups excluding carboxylic acids is 3. The van der Waals surface area contributed by atoms with Gasteiger partial charge in [-0.1, -0.05) is 38.0 Å². The fourth-order valence-electron chi connectivity index (χ4n) is 9.03. The number of aromatic nitrogens is 1. The van der Waals surface area contributed by atoms with Crippen molar-refractivity contribution in [2.75, 3.05) is 26.2 Å². The van der Waals surface area contributed by atoms with Crippen molar-refractivity contribution in [2.45, 2.75) is 114 Å². The Labute approximate surface area is 339 Å². The van der Waals surface area contributed by atoms with Crippen molar-refractivity contribution in [3.63, 3.8) is 0 Å². The third-order valence-corrected chi connectivity index (χ3v) is 12.5. The van der Waals surface area contributed by atoms with Crippen LogP contribution in [0, 0.1) is 16.7 Å². The Kier molecular flexibility index (Phi) is 12.7. The number of ketones is 1. The minimum Gasteiger partial charge on any atom is -0.493 e. The molecule has 3 fully saturated rings. The molecule has 0 spiro atoms. The molecule has 0 bridgehead atoms. The summed E-state index contributed by atoms with van der Waals surface area (Å²) in [7, 11) is 0.